The fraction of sp³-hybridized carbons (Fsp3) is 0.200. The number of anilines is 2. The first-order valence-corrected chi connectivity index (χ1v) is 21.3. The summed E-state index contributed by atoms with van der Waals surface area (Å²) in [6.45, 7) is 14.3. The fourth-order valence-electron chi connectivity index (χ4n) is 9.73. The lowest BCUT2D eigenvalue weighted by Gasteiger charge is -2.42. The molecule has 0 atom stereocenters. The molecule has 8 aromatic rings. The van der Waals surface area contributed by atoms with Crippen LogP contribution in [0.1, 0.15) is 62.8 Å². The number of aromatic nitrogens is 1. The van der Waals surface area contributed by atoms with Crippen molar-refractivity contribution in [1.29, 1.82) is 0 Å². The number of fused-ring (bicyclic) bond motifs is 9. The molecule has 11 rings (SSSR count). The molecule has 5 heteroatoms. The van der Waals surface area contributed by atoms with E-state index in [0.29, 0.717) is 0 Å². The van der Waals surface area contributed by atoms with Crippen LogP contribution in [0.2, 0.25) is 0 Å². The SMILES string of the molecule is Cc1cc(-c2cc3c(cc2Nc2cc4c(cc2C)C(C)(C)CCC4(C)C)Sc2ccccc2S3)c2c(c1)-n1c3cc4ccccc4cc3c3cccc(c31)B2. The van der Waals surface area contributed by atoms with Gasteiger partial charge in [-0.25, -0.2) is 0 Å². The van der Waals surface area contributed by atoms with E-state index >= 15 is 0 Å². The van der Waals surface area contributed by atoms with Crippen molar-refractivity contribution < 1.29 is 0 Å². The highest BCUT2D eigenvalue weighted by Crippen LogP contribution is 2.52. The Hall–Kier alpha value is -4.84. The second kappa shape index (κ2) is 11.8. The predicted octanol–water partition coefficient (Wildman–Crippen LogP) is 12.6. The zero-order valence-electron chi connectivity index (χ0n) is 32.4. The summed E-state index contributed by atoms with van der Waals surface area (Å²) in [5, 5.41) is 9.33. The van der Waals surface area contributed by atoms with Crippen LogP contribution >= 0.6 is 23.5 Å². The Bertz CT molecular complexity index is 2970. The molecule has 1 aromatic heterocycles. The standard InChI is InChI=1S/C50H43BN2S2/c1-28-20-35(47-42(21-28)53-41-24-31-13-8-7-12-30(31)23-34(41)32-14-11-15-38(51-47)48(32)53)33-25-45-46(55-44-17-10-9-16-43(44)54-45)27-40(33)52-39-26-37-36(22-29(39)2)49(3,4)18-19-50(37,5)6/h7-17,20-27,51-52H,18-19H2,1-6H3. The van der Waals surface area contributed by atoms with Crippen LogP contribution in [0.4, 0.5) is 11.4 Å². The van der Waals surface area contributed by atoms with Gasteiger partial charge in [-0.1, -0.05) is 123 Å². The highest BCUT2D eigenvalue weighted by molar-refractivity contribution is 8.05. The Morgan fingerprint density at radius 2 is 1.27 bits per heavy atom. The number of hydrogen-bond acceptors (Lipinski definition) is 3. The number of hydrogen-bond donors (Lipinski definition) is 1. The first-order valence-electron chi connectivity index (χ1n) is 19.7. The van der Waals surface area contributed by atoms with Crippen LogP contribution in [0.15, 0.2) is 135 Å². The fourth-order valence-corrected chi connectivity index (χ4v) is 12.0. The van der Waals surface area contributed by atoms with E-state index in [9.17, 15) is 0 Å². The van der Waals surface area contributed by atoms with E-state index in [-0.39, 0.29) is 10.8 Å². The lowest BCUT2D eigenvalue weighted by atomic mass is 9.59. The maximum absolute atomic E-state index is 4.11. The highest BCUT2D eigenvalue weighted by atomic mass is 32.2. The van der Waals surface area contributed by atoms with Gasteiger partial charge in [0.25, 0.3) is 0 Å². The van der Waals surface area contributed by atoms with Crippen LogP contribution < -0.4 is 16.2 Å². The largest absolute Gasteiger partial charge is 0.355 e. The Balaban J connectivity index is 1.15. The molecule has 0 fully saturated rings. The molecule has 7 aromatic carbocycles. The van der Waals surface area contributed by atoms with Gasteiger partial charge in [-0.15, -0.1) is 0 Å². The smallest absolute Gasteiger partial charge is 0.198 e. The minimum Gasteiger partial charge on any atom is -0.355 e. The monoisotopic (exact) mass is 746 g/mol. The maximum atomic E-state index is 4.11. The first-order chi connectivity index (χ1) is 26.5. The number of para-hydroxylation sites is 1. The van der Waals surface area contributed by atoms with Crippen LogP contribution in [0.3, 0.4) is 0 Å². The van der Waals surface area contributed by atoms with Gasteiger partial charge < -0.3 is 9.88 Å². The van der Waals surface area contributed by atoms with Crippen molar-refractivity contribution in [3.05, 3.63) is 138 Å². The van der Waals surface area contributed by atoms with Crippen molar-refractivity contribution in [1.82, 2.24) is 4.57 Å². The summed E-state index contributed by atoms with van der Waals surface area (Å²) in [6, 6.07) is 44.1. The minimum absolute atomic E-state index is 0.128. The Morgan fingerprint density at radius 1 is 0.600 bits per heavy atom. The van der Waals surface area contributed by atoms with Crippen LogP contribution in [0, 0.1) is 13.8 Å². The first kappa shape index (κ1) is 33.5. The van der Waals surface area contributed by atoms with Crippen molar-refractivity contribution in [2.75, 3.05) is 5.32 Å². The quantitative estimate of drug-likeness (QED) is 0.182. The molecule has 55 heavy (non-hydrogen) atoms. The molecule has 0 saturated carbocycles. The third kappa shape index (κ3) is 5.12. The Morgan fingerprint density at radius 3 is 2.02 bits per heavy atom. The molecule has 1 N–H and O–H groups in total. The van der Waals surface area contributed by atoms with Gasteiger partial charge in [0.1, 0.15) is 0 Å². The summed E-state index contributed by atoms with van der Waals surface area (Å²) in [5.74, 6) is 0. The Labute approximate surface area is 333 Å². The highest BCUT2D eigenvalue weighted by Gasteiger charge is 2.38. The molecule has 3 heterocycles. The molecule has 2 aliphatic heterocycles. The molecule has 0 bridgehead atoms. The molecule has 268 valence electrons. The van der Waals surface area contributed by atoms with Crippen molar-refractivity contribution in [3.63, 3.8) is 0 Å². The number of aryl methyl sites for hydroxylation is 2. The summed E-state index contributed by atoms with van der Waals surface area (Å²) in [6.07, 6.45) is 2.41. The average Bonchev–Trinajstić information content (AvgIpc) is 3.50. The third-order valence-corrected chi connectivity index (χ3v) is 15.4. The number of benzene rings is 7. The normalized spacial score (nSPS) is 16.0. The summed E-state index contributed by atoms with van der Waals surface area (Å²) in [7, 11) is 0.889. The zero-order valence-corrected chi connectivity index (χ0v) is 34.0. The molecular formula is C50H43BN2S2. The van der Waals surface area contributed by atoms with Crippen LogP contribution in [-0.2, 0) is 10.8 Å². The third-order valence-electron chi connectivity index (χ3n) is 12.8. The summed E-state index contributed by atoms with van der Waals surface area (Å²) >= 11 is 3.80. The molecule has 0 amide bonds. The van der Waals surface area contributed by atoms with Crippen molar-refractivity contribution >= 4 is 85.7 Å². The van der Waals surface area contributed by atoms with E-state index in [1.807, 2.05) is 23.5 Å². The molecular weight excluding hydrogens is 704 g/mol. The lowest BCUT2D eigenvalue weighted by Crippen LogP contribution is -2.37. The van der Waals surface area contributed by atoms with E-state index in [4.69, 9.17) is 0 Å². The molecule has 3 aliphatic rings. The van der Waals surface area contributed by atoms with Gasteiger partial charge in [-0.2, -0.15) is 0 Å². The van der Waals surface area contributed by atoms with Crippen LogP contribution in [0.5, 0.6) is 0 Å². The van der Waals surface area contributed by atoms with Gasteiger partial charge >= 0.3 is 0 Å². The van der Waals surface area contributed by atoms with E-state index in [1.165, 1.54) is 126 Å². The van der Waals surface area contributed by atoms with Gasteiger partial charge in [-0.05, 0) is 130 Å². The van der Waals surface area contributed by atoms with Gasteiger partial charge in [0.2, 0.25) is 0 Å². The molecule has 0 spiro atoms. The molecule has 0 unspecified atom stereocenters. The van der Waals surface area contributed by atoms with Crippen molar-refractivity contribution in [3.8, 4) is 16.8 Å². The maximum Gasteiger partial charge on any atom is 0.198 e. The Kier molecular flexibility index (Phi) is 7.21. The summed E-state index contributed by atoms with van der Waals surface area (Å²) < 4.78 is 2.57. The lowest BCUT2D eigenvalue weighted by molar-refractivity contribution is 0.332. The van der Waals surface area contributed by atoms with Crippen molar-refractivity contribution in [2.24, 2.45) is 0 Å². The number of nitrogens with one attached hydrogen (secondary N) is 1. The second-order valence-corrected chi connectivity index (χ2v) is 19.6. The summed E-state index contributed by atoms with van der Waals surface area (Å²) in [5.41, 5.74) is 17.5. The van der Waals surface area contributed by atoms with Gasteiger partial charge in [0.15, 0.2) is 7.28 Å². The van der Waals surface area contributed by atoms with Gasteiger partial charge in [-0.3, -0.25) is 0 Å². The van der Waals surface area contributed by atoms with Crippen LogP contribution in [0.25, 0.3) is 49.4 Å². The number of rotatable bonds is 3. The zero-order chi connectivity index (χ0) is 37.4. The molecule has 0 radical (unpaired) electrons. The molecule has 2 nitrogen and oxygen atoms in total. The van der Waals surface area contributed by atoms with E-state index in [0.717, 1.165) is 7.28 Å². The molecule has 0 saturated heterocycles. The topological polar surface area (TPSA) is 17.0 Å². The van der Waals surface area contributed by atoms with Crippen LogP contribution in [-0.4, -0.2) is 11.8 Å². The second-order valence-electron chi connectivity index (χ2n) is 17.5. The van der Waals surface area contributed by atoms with E-state index in [1.54, 1.807) is 0 Å². The van der Waals surface area contributed by atoms with E-state index < -0.39 is 0 Å². The summed E-state index contributed by atoms with van der Waals surface area (Å²) in [4.78, 5) is 5.29. The van der Waals surface area contributed by atoms with Gasteiger partial charge in [0.05, 0.1) is 5.52 Å². The average molecular weight is 747 g/mol. The molecule has 1 aliphatic carbocycles. The number of nitrogens with zero attached hydrogens (tertiary/aromatic N) is 1. The van der Waals surface area contributed by atoms with E-state index in [2.05, 4.69) is 167 Å². The minimum atomic E-state index is 0.128. The predicted molar refractivity (Wildman–Crippen MR) is 239 cm³/mol. The van der Waals surface area contributed by atoms with Gasteiger partial charge in [0, 0.05) is 58.5 Å². The van der Waals surface area contributed by atoms with Crippen molar-refractivity contribution in [2.45, 2.75) is 84.8 Å².